The van der Waals surface area contributed by atoms with Crippen molar-refractivity contribution in [1.29, 1.82) is 0 Å². The lowest BCUT2D eigenvalue weighted by atomic mass is 10.2. The Morgan fingerprint density at radius 1 is 1.16 bits per heavy atom. The van der Waals surface area contributed by atoms with Gasteiger partial charge in [-0.15, -0.1) is 0 Å². The van der Waals surface area contributed by atoms with Crippen molar-refractivity contribution in [2.45, 2.75) is 26.7 Å². The Kier molecular flexibility index (Phi) is 7.89. The van der Waals surface area contributed by atoms with Crippen molar-refractivity contribution < 1.29 is 19.1 Å². The first-order valence-corrected chi connectivity index (χ1v) is 11.1. The molecule has 0 saturated carbocycles. The number of carbonyl (C=O) groups excluding carboxylic acids is 2. The summed E-state index contributed by atoms with van der Waals surface area (Å²) >= 11 is 1.31. The van der Waals surface area contributed by atoms with Crippen LogP contribution in [0, 0.1) is 0 Å². The molecule has 3 rings (SSSR count). The summed E-state index contributed by atoms with van der Waals surface area (Å²) in [6.45, 7) is 5.16. The molecular formula is C24H26N2O4S. The summed E-state index contributed by atoms with van der Waals surface area (Å²) in [7, 11) is 1.34. The van der Waals surface area contributed by atoms with Crippen LogP contribution in [0.4, 0.5) is 5.69 Å². The zero-order valence-corrected chi connectivity index (χ0v) is 18.8. The van der Waals surface area contributed by atoms with Crippen LogP contribution >= 0.6 is 11.8 Å². The molecular weight excluding hydrogens is 412 g/mol. The van der Waals surface area contributed by atoms with Crippen LogP contribution in [0.25, 0.3) is 6.08 Å². The molecule has 2 aromatic carbocycles. The number of thioether (sulfide) groups is 1. The Labute approximate surface area is 187 Å². The number of amidine groups is 1. The molecule has 0 atom stereocenters. The molecule has 0 N–H and O–H groups in total. The molecule has 162 valence electrons. The van der Waals surface area contributed by atoms with Crippen LogP contribution in [0.2, 0.25) is 0 Å². The van der Waals surface area contributed by atoms with E-state index in [0.717, 1.165) is 24.2 Å². The first kappa shape index (κ1) is 22.6. The van der Waals surface area contributed by atoms with Gasteiger partial charge in [-0.2, -0.15) is 0 Å². The van der Waals surface area contributed by atoms with E-state index in [9.17, 15) is 9.59 Å². The van der Waals surface area contributed by atoms with Crippen molar-refractivity contribution in [3.05, 3.63) is 64.6 Å². The summed E-state index contributed by atoms with van der Waals surface area (Å²) in [5.41, 5.74) is 1.86. The lowest BCUT2D eigenvalue weighted by Crippen LogP contribution is -2.28. The lowest BCUT2D eigenvalue weighted by Gasteiger charge is -2.12. The average Bonchev–Trinajstić information content (AvgIpc) is 3.08. The van der Waals surface area contributed by atoms with Crippen LogP contribution < -0.4 is 4.74 Å². The van der Waals surface area contributed by atoms with Gasteiger partial charge in [-0.1, -0.05) is 37.6 Å². The Hall–Kier alpha value is -3.06. The van der Waals surface area contributed by atoms with Gasteiger partial charge in [0.2, 0.25) is 0 Å². The molecule has 1 saturated heterocycles. The monoisotopic (exact) mass is 438 g/mol. The van der Waals surface area contributed by atoms with E-state index in [1.54, 1.807) is 29.2 Å². The first-order chi connectivity index (χ1) is 15.1. The van der Waals surface area contributed by atoms with Gasteiger partial charge in [-0.3, -0.25) is 9.69 Å². The molecule has 6 nitrogen and oxygen atoms in total. The fraction of sp³-hybridized carbons (Fsp3) is 0.292. The average molecular weight is 439 g/mol. The zero-order valence-electron chi connectivity index (χ0n) is 18.0. The van der Waals surface area contributed by atoms with E-state index in [1.807, 2.05) is 37.3 Å². The van der Waals surface area contributed by atoms with Crippen molar-refractivity contribution >= 4 is 40.6 Å². The first-order valence-electron chi connectivity index (χ1n) is 10.3. The van der Waals surface area contributed by atoms with Crippen LogP contribution in [0.3, 0.4) is 0 Å². The van der Waals surface area contributed by atoms with Gasteiger partial charge in [-0.05, 0) is 55.4 Å². The molecule has 0 unspecified atom stereocenters. The highest BCUT2D eigenvalue weighted by Gasteiger charge is 2.32. The maximum Gasteiger partial charge on any atom is 0.337 e. The van der Waals surface area contributed by atoms with Crippen molar-refractivity contribution in [3.8, 4) is 5.75 Å². The normalized spacial score (nSPS) is 16.2. The smallest absolute Gasteiger partial charge is 0.337 e. The quantitative estimate of drug-likeness (QED) is 0.319. The van der Waals surface area contributed by atoms with Crippen LogP contribution in [0.15, 0.2) is 58.4 Å². The number of hydrogen-bond acceptors (Lipinski definition) is 6. The highest BCUT2D eigenvalue weighted by atomic mass is 32.2. The summed E-state index contributed by atoms with van der Waals surface area (Å²) in [6, 6.07) is 14.5. The third-order valence-electron chi connectivity index (χ3n) is 4.66. The standard InChI is InChI=1S/C24H26N2O4S/c1-4-6-14-30-20-13-8-7-10-17(20)16-21-22(27)26(5-2)24(31-21)25-19-12-9-11-18(15-19)23(28)29-3/h7-13,15-16H,4-6,14H2,1-3H3. The molecule has 1 fully saturated rings. The number of nitrogens with zero attached hydrogens (tertiary/aromatic N) is 2. The number of benzene rings is 2. The van der Waals surface area contributed by atoms with Crippen molar-refractivity contribution in [2.75, 3.05) is 20.3 Å². The van der Waals surface area contributed by atoms with E-state index in [2.05, 4.69) is 11.9 Å². The molecule has 0 aliphatic carbocycles. The fourth-order valence-electron chi connectivity index (χ4n) is 3.00. The number of amides is 1. The number of esters is 1. The summed E-state index contributed by atoms with van der Waals surface area (Å²) in [4.78, 5) is 31.6. The number of carbonyl (C=O) groups is 2. The molecule has 31 heavy (non-hydrogen) atoms. The van der Waals surface area contributed by atoms with E-state index in [0.29, 0.717) is 34.5 Å². The molecule has 1 amide bonds. The largest absolute Gasteiger partial charge is 0.493 e. The highest BCUT2D eigenvalue weighted by Crippen LogP contribution is 2.35. The third kappa shape index (κ3) is 5.55. The topological polar surface area (TPSA) is 68.2 Å². The molecule has 0 radical (unpaired) electrons. The Morgan fingerprint density at radius 2 is 1.97 bits per heavy atom. The predicted molar refractivity (Wildman–Crippen MR) is 125 cm³/mol. The van der Waals surface area contributed by atoms with Gasteiger partial charge < -0.3 is 9.47 Å². The van der Waals surface area contributed by atoms with E-state index < -0.39 is 5.97 Å². The molecule has 0 bridgehead atoms. The van der Waals surface area contributed by atoms with Crippen LogP contribution in [0.1, 0.15) is 42.6 Å². The second-order valence-corrected chi connectivity index (χ2v) is 7.85. The van der Waals surface area contributed by atoms with Gasteiger partial charge in [0.25, 0.3) is 5.91 Å². The summed E-state index contributed by atoms with van der Waals surface area (Å²) < 4.78 is 10.7. The minimum atomic E-state index is -0.426. The fourth-order valence-corrected chi connectivity index (χ4v) is 4.05. The van der Waals surface area contributed by atoms with Gasteiger partial charge in [0.05, 0.1) is 29.9 Å². The number of likely N-dealkylation sites (N-methyl/N-ethyl adjacent to an activating group) is 1. The molecule has 1 aliphatic rings. The maximum absolute atomic E-state index is 13.0. The van der Waals surface area contributed by atoms with Gasteiger partial charge in [-0.25, -0.2) is 9.79 Å². The molecule has 0 spiro atoms. The second kappa shape index (κ2) is 10.8. The van der Waals surface area contributed by atoms with Crippen molar-refractivity contribution in [2.24, 2.45) is 4.99 Å². The summed E-state index contributed by atoms with van der Waals surface area (Å²) in [5.74, 6) is 0.236. The molecule has 2 aromatic rings. The van der Waals surface area contributed by atoms with Gasteiger partial charge in [0.15, 0.2) is 5.17 Å². The van der Waals surface area contributed by atoms with E-state index in [4.69, 9.17) is 9.47 Å². The molecule has 1 aliphatic heterocycles. The molecule has 1 heterocycles. The number of ether oxygens (including phenoxy) is 2. The molecule has 0 aromatic heterocycles. The molecule has 7 heteroatoms. The number of para-hydroxylation sites is 1. The number of hydrogen-bond donors (Lipinski definition) is 0. The summed E-state index contributed by atoms with van der Waals surface area (Å²) in [5, 5.41) is 0.574. The van der Waals surface area contributed by atoms with Crippen LogP contribution in [-0.2, 0) is 9.53 Å². The van der Waals surface area contributed by atoms with Gasteiger partial charge in [0, 0.05) is 12.1 Å². The predicted octanol–water partition coefficient (Wildman–Crippen LogP) is 5.28. The highest BCUT2D eigenvalue weighted by molar-refractivity contribution is 8.18. The number of rotatable bonds is 8. The van der Waals surface area contributed by atoms with Gasteiger partial charge in [0.1, 0.15) is 5.75 Å². The van der Waals surface area contributed by atoms with E-state index in [-0.39, 0.29) is 5.91 Å². The van der Waals surface area contributed by atoms with Gasteiger partial charge >= 0.3 is 5.97 Å². The lowest BCUT2D eigenvalue weighted by molar-refractivity contribution is -0.122. The summed E-state index contributed by atoms with van der Waals surface area (Å²) in [6.07, 6.45) is 3.88. The van der Waals surface area contributed by atoms with Crippen molar-refractivity contribution in [3.63, 3.8) is 0 Å². The van der Waals surface area contributed by atoms with E-state index in [1.165, 1.54) is 18.9 Å². The number of aliphatic imine (C=N–C) groups is 1. The third-order valence-corrected chi connectivity index (χ3v) is 5.66. The van der Waals surface area contributed by atoms with Crippen LogP contribution in [-0.4, -0.2) is 42.2 Å². The number of unbranched alkanes of at least 4 members (excludes halogenated alkanes) is 1. The maximum atomic E-state index is 13.0. The van der Waals surface area contributed by atoms with Crippen LogP contribution in [0.5, 0.6) is 5.75 Å². The second-order valence-electron chi connectivity index (χ2n) is 6.84. The SMILES string of the molecule is CCCCOc1ccccc1C=C1SC(=Nc2cccc(C(=O)OC)c2)N(CC)C1=O. The van der Waals surface area contributed by atoms with Crippen molar-refractivity contribution in [1.82, 2.24) is 4.90 Å². The number of methoxy groups -OCH3 is 1. The Morgan fingerprint density at radius 3 is 2.71 bits per heavy atom. The zero-order chi connectivity index (χ0) is 22.2. The minimum Gasteiger partial charge on any atom is -0.493 e. The Bertz CT molecular complexity index is 1020. The Balaban J connectivity index is 1.89. The minimum absolute atomic E-state index is 0.0984. The van der Waals surface area contributed by atoms with E-state index >= 15 is 0 Å².